The summed E-state index contributed by atoms with van der Waals surface area (Å²) in [5, 5.41) is 11.7. The highest BCUT2D eigenvalue weighted by molar-refractivity contribution is 6.32. The number of carbonyl (C=O) groups excluding carboxylic acids is 3. The molecule has 3 rings (SSSR count). The van der Waals surface area contributed by atoms with E-state index in [9.17, 15) is 14.4 Å². The second kappa shape index (κ2) is 4.86. The Morgan fingerprint density at radius 1 is 1.33 bits per heavy atom. The molecule has 1 N–H and O–H groups in total. The third kappa shape index (κ3) is 2.06. The summed E-state index contributed by atoms with van der Waals surface area (Å²) in [6.07, 6.45) is 0.472. The first kappa shape index (κ1) is 13.6. The predicted octanol–water partition coefficient (Wildman–Crippen LogP) is 0.973. The van der Waals surface area contributed by atoms with Gasteiger partial charge in [0.05, 0.1) is 17.2 Å². The second-order valence-electron chi connectivity index (χ2n) is 4.96. The second-order valence-corrected chi connectivity index (χ2v) is 5.37. The van der Waals surface area contributed by atoms with Crippen LogP contribution in [0.5, 0.6) is 0 Å². The number of piperidine rings is 1. The van der Waals surface area contributed by atoms with Crippen molar-refractivity contribution in [1.82, 2.24) is 10.2 Å². The van der Waals surface area contributed by atoms with Gasteiger partial charge in [0.2, 0.25) is 11.8 Å². The summed E-state index contributed by atoms with van der Waals surface area (Å²) < 4.78 is 0. The van der Waals surface area contributed by atoms with Crippen LogP contribution in [0.3, 0.4) is 0 Å². The summed E-state index contributed by atoms with van der Waals surface area (Å²) in [4.78, 5) is 37.0. The van der Waals surface area contributed by atoms with E-state index in [1.165, 1.54) is 11.0 Å². The van der Waals surface area contributed by atoms with E-state index in [1.807, 2.05) is 6.07 Å². The molecule has 3 amide bonds. The Labute approximate surface area is 125 Å². The van der Waals surface area contributed by atoms with E-state index in [2.05, 4.69) is 5.32 Å². The van der Waals surface area contributed by atoms with E-state index < -0.39 is 17.9 Å². The number of nitrogens with one attached hydrogen (secondary N) is 1. The number of benzene rings is 1. The molecule has 1 aromatic carbocycles. The number of hydrogen-bond acceptors (Lipinski definition) is 4. The van der Waals surface area contributed by atoms with Crippen LogP contribution in [-0.4, -0.2) is 28.7 Å². The van der Waals surface area contributed by atoms with Gasteiger partial charge in [-0.3, -0.25) is 19.7 Å². The molecule has 2 aliphatic heterocycles. The molecule has 1 unspecified atom stereocenters. The first-order valence-corrected chi connectivity index (χ1v) is 6.77. The van der Waals surface area contributed by atoms with Crippen LogP contribution in [0.4, 0.5) is 0 Å². The molecule has 2 aliphatic rings. The highest BCUT2D eigenvalue weighted by Crippen LogP contribution is 2.34. The Kier molecular flexibility index (Phi) is 3.15. The maximum absolute atomic E-state index is 12.5. The Balaban J connectivity index is 1.98. The maximum Gasteiger partial charge on any atom is 0.256 e. The van der Waals surface area contributed by atoms with Gasteiger partial charge < -0.3 is 4.90 Å². The lowest BCUT2D eigenvalue weighted by Crippen LogP contribution is -2.52. The SMILES string of the molecule is N#Cc1ccc(Cl)c2c1C(=O)N(C1CCC(=O)NC1=O)C2. The topological polar surface area (TPSA) is 90.3 Å². The van der Waals surface area contributed by atoms with Crippen molar-refractivity contribution in [1.29, 1.82) is 5.26 Å². The third-order valence-corrected chi connectivity index (χ3v) is 4.12. The summed E-state index contributed by atoms with van der Waals surface area (Å²) >= 11 is 6.08. The van der Waals surface area contributed by atoms with Gasteiger partial charge in [-0.1, -0.05) is 11.6 Å². The maximum atomic E-state index is 12.5. The summed E-state index contributed by atoms with van der Waals surface area (Å²) in [7, 11) is 0. The number of halogens is 1. The molecule has 0 aliphatic carbocycles. The van der Waals surface area contributed by atoms with Gasteiger partial charge in [-0.2, -0.15) is 5.26 Å². The van der Waals surface area contributed by atoms with E-state index in [0.29, 0.717) is 10.6 Å². The van der Waals surface area contributed by atoms with Crippen LogP contribution in [0, 0.1) is 11.3 Å². The number of imide groups is 1. The summed E-state index contributed by atoms with van der Waals surface area (Å²) in [6, 6.07) is 4.33. The summed E-state index contributed by atoms with van der Waals surface area (Å²) in [5.74, 6) is -1.21. The molecular weight excluding hydrogens is 294 g/mol. The van der Waals surface area contributed by atoms with E-state index in [0.717, 1.165) is 0 Å². The van der Waals surface area contributed by atoms with Crippen LogP contribution in [0.15, 0.2) is 12.1 Å². The van der Waals surface area contributed by atoms with Crippen molar-refractivity contribution in [3.05, 3.63) is 33.8 Å². The monoisotopic (exact) mass is 303 g/mol. The molecule has 7 heteroatoms. The van der Waals surface area contributed by atoms with Crippen molar-refractivity contribution in [3.63, 3.8) is 0 Å². The van der Waals surface area contributed by atoms with E-state index in [4.69, 9.17) is 16.9 Å². The largest absolute Gasteiger partial charge is 0.322 e. The number of carbonyl (C=O) groups is 3. The van der Waals surface area contributed by atoms with Crippen LogP contribution in [0.2, 0.25) is 5.02 Å². The molecule has 1 aromatic rings. The minimum atomic E-state index is -0.704. The third-order valence-electron chi connectivity index (χ3n) is 3.77. The summed E-state index contributed by atoms with van der Waals surface area (Å²) in [5.41, 5.74) is 1.06. The fourth-order valence-electron chi connectivity index (χ4n) is 2.73. The minimum absolute atomic E-state index is 0.175. The van der Waals surface area contributed by atoms with Gasteiger partial charge in [-0.15, -0.1) is 0 Å². The quantitative estimate of drug-likeness (QED) is 0.783. The fourth-order valence-corrected chi connectivity index (χ4v) is 2.95. The minimum Gasteiger partial charge on any atom is -0.322 e. The molecule has 21 heavy (non-hydrogen) atoms. The molecule has 1 fully saturated rings. The molecule has 106 valence electrons. The van der Waals surface area contributed by atoms with Crippen molar-refractivity contribution >= 4 is 29.3 Å². The van der Waals surface area contributed by atoms with Crippen molar-refractivity contribution < 1.29 is 14.4 Å². The predicted molar refractivity (Wildman–Crippen MR) is 72.2 cm³/mol. The number of amides is 3. The normalized spacial score (nSPS) is 21.0. The van der Waals surface area contributed by atoms with Crippen LogP contribution in [0.25, 0.3) is 0 Å². The Bertz CT molecular complexity index is 723. The molecule has 0 spiro atoms. The van der Waals surface area contributed by atoms with Crippen molar-refractivity contribution in [2.75, 3.05) is 0 Å². The van der Waals surface area contributed by atoms with E-state index in [-0.39, 0.29) is 36.4 Å². The number of rotatable bonds is 1. The van der Waals surface area contributed by atoms with Gasteiger partial charge in [0.15, 0.2) is 0 Å². The van der Waals surface area contributed by atoms with Crippen molar-refractivity contribution in [2.45, 2.75) is 25.4 Å². The fraction of sp³-hybridized carbons (Fsp3) is 0.286. The lowest BCUT2D eigenvalue weighted by Gasteiger charge is -2.29. The standard InChI is InChI=1S/C14H10ClN3O3/c15-9-2-1-7(5-16)12-8(9)6-18(14(12)21)10-3-4-11(19)17-13(10)20/h1-2,10H,3-4,6H2,(H,17,19,20). The molecule has 0 aromatic heterocycles. The molecule has 6 nitrogen and oxygen atoms in total. The van der Waals surface area contributed by atoms with Gasteiger partial charge in [-0.25, -0.2) is 0 Å². The average Bonchev–Trinajstić information content (AvgIpc) is 2.79. The zero-order valence-electron chi connectivity index (χ0n) is 10.9. The zero-order chi connectivity index (χ0) is 15.1. The zero-order valence-corrected chi connectivity index (χ0v) is 11.6. The lowest BCUT2D eigenvalue weighted by atomic mass is 10.0. The van der Waals surface area contributed by atoms with Gasteiger partial charge in [0.1, 0.15) is 6.04 Å². The molecular formula is C14H10ClN3O3. The van der Waals surface area contributed by atoms with Gasteiger partial charge >= 0.3 is 0 Å². The average molecular weight is 304 g/mol. The molecule has 2 heterocycles. The Hall–Kier alpha value is -2.39. The smallest absolute Gasteiger partial charge is 0.256 e. The Morgan fingerprint density at radius 3 is 2.76 bits per heavy atom. The van der Waals surface area contributed by atoms with Crippen LogP contribution in [0.1, 0.15) is 34.3 Å². The molecule has 0 radical (unpaired) electrons. The molecule has 0 saturated carbocycles. The number of fused-ring (bicyclic) bond motifs is 1. The van der Waals surface area contributed by atoms with Crippen molar-refractivity contribution in [2.24, 2.45) is 0 Å². The first-order chi connectivity index (χ1) is 10.0. The van der Waals surface area contributed by atoms with Crippen molar-refractivity contribution in [3.8, 4) is 6.07 Å². The van der Waals surface area contributed by atoms with Crippen LogP contribution < -0.4 is 5.32 Å². The van der Waals surface area contributed by atoms with Gasteiger partial charge in [0.25, 0.3) is 5.91 Å². The number of nitriles is 1. The number of nitrogens with zero attached hydrogens (tertiary/aromatic N) is 2. The van der Waals surface area contributed by atoms with E-state index >= 15 is 0 Å². The number of hydrogen-bond donors (Lipinski definition) is 1. The Morgan fingerprint density at radius 2 is 2.10 bits per heavy atom. The molecule has 0 bridgehead atoms. The molecule has 1 saturated heterocycles. The highest BCUT2D eigenvalue weighted by Gasteiger charge is 2.40. The van der Waals surface area contributed by atoms with E-state index in [1.54, 1.807) is 6.07 Å². The van der Waals surface area contributed by atoms with Gasteiger partial charge in [-0.05, 0) is 18.6 Å². The molecule has 1 atom stereocenters. The van der Waals surface area contributed by atoms with Crippen LogP contribution >= 0.6 is 11.6 Å². The summed E-state index contributed by atoms with van der Waals surface area (Å²) in [6.45, 7) is 0.175. The van der Waals surface area contributed by atoms with Gasteiger partial charge in [0, 0.05) is 23.6 Å². The van der Waals surface area contributed by atoms with Crippen LogP contribution in [-0.2, 0) is 16.1 Å². The lowest BCUT2D eigenvalue weighted by molar-refractivity contribution is -0.136. The first-order valence-electron chi connectivity index (χ1n) is 6.39. The highest BCUT2D eigenvalue weighted by atomic mass is 35.5.